The SMILES string of the molecule is CCNc1nc(C(OCC)C(C)(C)C)nc(COC)c1Br. The van der Waals surface area contributed by atoms with Crippen molar-refractivity contribution in [2.45, 2.75) is 47.3 Å². The van der Waals surface area contributed by atoms with E-state index in [9.17, 15) is 0 Å². The van der Waals surface area contributed by atoms with E-state index in [0.29, 0.717) is 19.0 Å². The van der Waals surface area contributed by atoms with Gasteiger partial charge in [-0.25, -0.2) is 9.97 Å². The zero-order valence-electron chi connectivity index (χ0n) is 13.8. The second-order valence-electron chi connectivity index (χ2n) is 5.86. The van der Waals surface area contributed by atoms with E-state index < -0.39 is 0 Å². The topological polar surface area (TPSA) is 56.3 Å². The standard InChI is InChI=1S/C15H26BrN3O2/c1-7-17-13-11(16)10(9-20-6)18-14(19-13)12(21-8-2)15(3,4)5/h12H,7-9H2,1-6H3,(H,17,18,19). The predicted molar refractivity (Wildman–Crippen MR) is 88.4 cm³/mol. The van der Waals surface area contributed by atoms with Gasteiger partial charge in [0, 0.05) is 20.3 Å². The maximum atomic E-state index is 5.89. The molecule has 1 N–H and O–H groups in total. The number of aromatic nitrogens is 2. The highest BCUT2D eigenvalue weighted by molar-refractivity contribution is 9.10. The Kier molecular flexibility index (Phi) is 7.03. The molecule has 0 radical (unpaired) electrons. The summed E-state index contributed by atoms with van der Waals surface area (Å²) >= 11 is 3.55. The van der Waals surface area contributed by atoms with Crippen molar-refractivity contribution in [1.82, 2.24) is 9.97 Å². The Morgan fingerprint density at radius 3 is 2.38 bits per heavy atom. The second-order valence-corrected chi connectivity index (χ2v) is 6.65. The fourth-order valence-corrected chi connectivity index (χ4v) is 2.46. The van der Waals surface area contributed by atoms with E-state index >= 15 is 0 Å². The molecule has 0 aliphatic rings. The zero-order valence-corrected chi connectivity index (χ0v) is 15.4. The van der Waals surface area contributed by atoms with Crippen molar-refractivity contribution in [2.24, 2.45) is 5.41 Å². The zero-order chi connectivity index (χ0) is 16.0. The molecule has 21 heavy (non-hydrogen) atoms. The van der Waals surface area contributed by atoms with Crippen molar-refractivity contribution >= 4 is 21.7 Å². The molecule has 0 amide bonds. The highest BCUT2D eigenvalue weighted by Gasteiger charge is 2.30. The lowest BCUT2D eigenvalue weighted by atomic mass is 9.88. The Bertz CT molecular complexity index is 434. The number of anilines is 1. The van der Waals surface area contributed by atoms with E-state index in [1.54, 1.807) is 7.11 Å². The summed E-state index contributed by atoms with van der Waals surface area (Å²) in [6, 6.07) is 0. The first-order valence-electron chi connectivity index (χ1n) is 7.25. The van der Waals surface area contributed by atoms with E-state index in [0.717, 1.165) is 22.5 Å². The third kappa shape index (κ3) is 4.90. The molecule has 0 saturated heterocycles. The van der Waals surface area contributed by atoms with Crippen molar-refractivity contribution < 1.29 is 9.47 Å². The fourth-order valence-electron chi connectivity index (χ4n) is 2.03. The number of hydrogen-bond donors (Lipinski definition) is 1. The highest BCUT2D eigenvalue weighted by Crippen LogP contribution is 2.36. The summed E-state index contributed by atoms with van der Waals surface area (Å²) in [5.41, 5.74) is 0.741. The van der Waals surface area contributed by atoms with Crippen molar-refractivity contribution in [3.63, 3.8) is 0 Å². The van der Waals surface area contributed by atoms with Crippen molar-refractivity contribution in [2.75, 3.05) is 25.6 Å². The first-order valence-corrected chi connectivity index (χ1v) is 8.05. The Balaban J connectivity index is 3.32. The van der Waals surface area contributed by atoms with Gasteiger partial charge in [0.2, 0.25) is 0 Å². The van der Waals surface area contributed by atoms with Crippen LogP contribution in [0.2, 0.25) is 0 Å². The lowest BCUT2D eigenvalue weighted by molar-refractivity contribution is -0.0193. The average Bonchev–Trinajstić information content (AvgIpc) is 2.39. The Morgan fingerprint density at radius 2 is 1.90 bits per heavy atom. The maximum absolute atomic E-state index is 5.89. The average molecular weight is 360 g/mol. The van der Waals surface area contributed by atoms with Crippen LogP contribution in [0, 0.1) is 5.41 Å². The van der Waals surface area contributed by atoms with Gasteiger partial charge < -0.3 is 14.8 Å². The van der Waals surface area contributed by atoms with Crippen molar-refractivity contribution in [1.29, 1.82) is 0 Å². The number of rotatable bonds is 7. The van der Waals surface area contributed by atoms with Gasteiger partial charge in [-0.15, -0.1) is 0 Å². The lowest BCUT2D eigenvalue weighted by Crippen LogP contribution is -2.25. The van der Waals surface area contributed by atoms with Crippen LogP contribution in [0.4, 0.5) is 5.82 Å². The number of nitrogens with one attached hydrogen (secondary N) is 1. The van der Waals surface area contributed by atoms with E-state index in [-0.39, 0.29) is 11.5 Å². The molecule has 0 aromatic carbocycles. The number of hydrogen-bond acceptors (Lipinski definition) is 5. The molecule has 1 aromatic rings. The molecule has 0 fully saturated rings. The summed E-state index contributed by atoms with van der Waals surface area (Å²) in [7, 11) is 1.66. The van der Waals surface area contributed by atoms with Crippen LogP contribution in [-0.4, -0.2) is 30.2 Å². The number of halogens is 1. The van der Waals surface area contributed by atoms with Crippen molar-refractivity contribution in [3.8, 4) is 0 Å². The number of nitrogens with zero attached hydrogens (tertiary/aromatic N) is 2. The minimum absolute atomic E-state index is 0.0856. The normalized spacial score (nSPS) is 13.3. The van der Waals surface area contributed by atoms with E-state index in [4.69, 9.17) is 9.47 Å². The summed E-state index contributed by atoms with van der Waals surface area (Å²) in [6.07, 6.45) is -0.163. The van der Waals surface area contributed by atoms with E-state index in [2.05, 4.69) is 52.0 Å². The molecule has 1 unspecified atom stereocenters. The molecule has 1 heterocycles. The van der Waals surface area contributed by atoms with Gasteiger partial charge in [0.1, 0.15) is 11.9 Å². The Labute approximate surface area is 136 Å². The molecule has 0 bridgehead atoms. The van der Waals surface area contributed by atoms with Gasteiger partial charge in [-0.05, 0) is 35.2 Å². The van der Waals surface area contributed by atoms with Gasteiger partial charge in [0.15, 0.2) is 5.82 Å². The maximum Gasteiger partial charge on any atom is 0.160 e. The summed E-state index contributed by atoms with van der Waals surface area (Å²) in [5, 5.41) is 3.25. The third-order valence-corrected chi connectivity index (χ3v) is 3.75. The van der Waals surface area contributed by atoms with Crippen LogP contribution in [0.25, 0.3) is 0 Å². The van der Waals surface area contributed by atoms with E-state index in [1.165, 1.54) is 0 Å². The molecule has 1 aromatic heterocycles. The van der Waals surface area contributed by atoms with Crippen LogP contribution in [0.15, 0.2) is 4.47 Å². The predicted octanol–water partition coefficient (Wildman–Crippen LogP) is 3.94. The Hall–Kier alpha value is -0.720. The van der Waals surface area contributed by atoms with Gasteiger partial charge >= 0.3 is 0 Å². The van der Waals surface area contributed by atoms with Gasteiger partial charge in [0.25, 0.3) is 0 Å². The summed E-state index contributed by atoms with van der Waals surface area (Å²) in [6.45, 7) is 12.2. The molecule has 120 valence electrons. The highest BCUT2D eigenvalue weighted by atomic mass is 79.9. The first-order chi connectivity index (χ1) is 9.85. The quantitative estimate of drug-likeness (QED) is 0.798. The molecular weight excluding hydrogens is 334 g/mol. The Morgan fingerprint density at radius 1 is 1.24 bits per heavy atom. The monoisotopic (exact) mass is 359 g/mol. The smallest absolute Gasteiger partial charge is 0.160 e. The van der Waals surface area contributed by atoms with Gasteiger partial charge in [-0.1, -0.05) is 20.8 Å². The minimum Gasteiger partial charge on any atom is -0.378 e. The second kappa shape index (κ2) is 8.06. The van der Waals surface area contributed by atoms with E-state index in [1.807, 2.05) is 13.8 Å². The first kappa shape index (κ1) is 18.3. The molecular formula is C15H26BrN3O2. The number of ether oxygens (including phenoxy) is 2. The van der Waals surface area contributed by atoms with Gasteiger partial charge in [-0.2, -0.15) is 0 Å². The molecule has 6 heteroatoms. The lowest BCUT2D eigenvalue weighted by Gasteiger charge is -2.29. The molecule has 0 aliphatic heterocycles. The van der Waals surface area contributed by atoms with Crippen LogP contribution in [-0.2, 0) is 16.1 Å². The summed E-state index contributed by atoms with van der Waals surface area (Å²) in [4.78, 5) is 9.28. The third-order valence-electron chi connectivity index (χ3n) is 2.92. The number of methoxy groups -OCH3 is 1. The van der Waals surface area contributed by atoms with Gasteiger partial charge in [0.05, 0.1) is 16.8 Å². The molecule has 0 spiro atoms. The fraction of sp³-hybridized carbons (Fsp3) is 0.733. The molecule has 0 aliphatic carbocycles. The van der Waals surface area contributed by atoms with Crippen LogP contribution < -0.4 is 5.32 Å². The van der Waals surface area contributed by atoms with Crippen LogP contribution >= 0.6 is 15.9 Å². The minimum atomic E-state index is -0.163. The van der Waals surface area contributed by atoms with Gasteiger partial charge in [-0.3, -0.25) is 0 Å². The molecule has 0 saturated carbocycles. The van der Waals surface area contributed by atoms with Crippen LogP contribution in [0.3, 0.4) is 0 Å². The molecule has 1 atom stereocenters. The summed E-state index contributed by atoms with van der Waals surface area (Å²) in [5.74, 6) is 1.47. The largest absolute Gasteiger partial charge is 0.378 e. The summed E-state index contributed by atoms with van der Waals surface area (Å²) < 4.78 is 12.0. The molecule has 5 nitrogen and oxygen atoms in total. The van der Waals surface area contributed by atoms with Crippen LogP contribution in [0.5, 0.6) is 0 Å². The molecule has 1 rings (SSSR count). The van der Waals surface area contributed by atoms with Crippen LogP contribution in [0.1, 0.15) is 52.2 Å². The van der Waals surface area contributed by atoms with Crippen molar-refractivity contribution in [3.05, 3.63) is 16.0 Å².